The number of ether oxygens (including phenoxy) is 1. The van der Waals surface area contributed by atoms with Crippen molar-refractivity contribution in [3.05, 3.63) is 66.1 Å². The van der Waals surface area contributed by atoms with Crippen LogP contribution in [0.15, 0.2) is 59.0 Å². The van der Waals surface area contributed by atoms with E-state index in [2.05, 4.69) is 10.3 Å². The Labute approximate surface area is 168 Å². The largest absolute Gasteiger partial charge is 0.497 e. The molecule has 0 radical (unpaired) electrons. The molecule has 1 fully saturated rings. The molecule has 1 unspecified atom stereocenters. The van der Waals surface area contributed by atoms with Crippen LogP contribution in [0.3, 0.4) is 0 Å². The van der Waals surface area contributed by atoms with Crippen LogP contribution in [0.25, 0.3) is 17.2 Å². The maximum atomic E-state index is 12.8. The second kappa shape index (κ2) is 8.18. The number of amides is 2. The number of benzene rings is 2. The number of carbonyl (C=O) groups excluding carboxylic acids is 2. The number of para-hydroxylation sites is 2. The minimum atomic E-state index is -0.662. The molecule has 1 saturated heterocycles. The van der Waals surface area contributed by atoms with Gasteiger partial charge >= 0.3 is 0 Å². The molecule has 7 nitrogen and oxygen atoms in total. The Hall–Kier alpha value is -3.61. The average molecular weight is 391 g/mol. The maximum absolute atomic E-state index is 12.8. The molecule has 2 amide bonds. The van der Waals surface area contributed by atoms with Gasteiger partial charge in [0.1, 0.15) is 17.3 Å². The maximum Gasteiger partial charge on any atom is 0.247 e. The first kappa shape index (κ1) is 18.7. The van der Waals surface area contributed by atoms with Crippen molar-refractivity contribution in [1.82, 2.24) is 15.2 Å². The van der Waals surface area contributed by atoms with E-state index in [1.54, 1.807) is 18.1 Å². The molecule has 0 spiro atoms. The van der Waals surface area contributed by atoms with Crippen LogP contribution in [0.4, 0.5) is 0 Å². The number of piperazine rings is 1. The number of nitrogens with one attached hydrogen (secondary N) is 1. The highest BCUT2D eigenvalue weighted by Crippen LogP contribution is 2.19. The molecule has 4 rings (SSSR count). The first-order valence-electron chi connectivity index (χ1n) is 9.39. The summed E-state index contributed by atoms with van der Waals surface area (Å²) in [4.78, 5) is 31.3. The third kappa shape index (κ3) is 4.13. The topological polar surface area (TPSA) is 84.7 Å². The van der Waals surface area contributed by atoms with Gasteiger partial charge in [0.2, 0.25) is 11.8 Å². The smallest absolute Gasteiger partial charge is 0.247 e. The van der Waals surface area contributed by atoms with Gasteiger partial charge in [0.25, 0.3) is 0 Å². The third-order valence-corrected chi connectivity index (χ3v) is 4.85. The van der Waals surface area contributed by atoms with Crippen LogP contribution in [0.1, 0.15) is 11.5 Å². The Morgan fingerprint density at radius 2 is 2.07 bits per heavy atom. The molecular formula is C22H21N3O4. The van der Waals surface area contributed by atoms with Crippen LogP contribution in [-0.4, -0.2) is 47.9 Å². The molecule has 2 heterocycles. The number of hydrogen-bond acceptors (Lipinski definition) is 5. The third-order valence-electron chi connectivity index (χ3n) is 4.85. The van der Waals surface area contributed by atoms with Gasteiger partial charge in [-0.3, -0.25) is 9.59 Å². The van der Waals surface area contributed by atoms with Crippen LogP contribution in [0.2, 0.25) is 0 Å². The van der Waals surface area contributed by atoms with Crippen molar-refractivity contribution in [3.8, 4) is 5.75 Å². The molecule has 1 atom stereocenters. The Kier molecular flexibility index (Phi) is 5.29. The van der Waals surface area contributed by atoms with Gasteiger partial charge in [-0.15, -0.1) is 0 Å². The minimum absolute atomic E-state index is 0.204. The molecule has 2 aromatic carbocycles. The number of rotatable bonds is 5. The van der Waals surface area contributed by atoms with Crippen LogP contribution in [0, 0.1) is 0 Å². The number of fused-ring (bicyclic) bond motifs is 1. The zero-order valence-electron chi connectivity index (χ0n) is 16.0. The predicted octanol–water partition coefficient (Wildman–Crippen LogP) is 2.42. The van der Waals surface area contributed by atoms with Crippen molar-refractivity contribution in [2.24, 2.45) is 0 Å². The van der Waals surface area contributed by atoms with Crippen molar-refractivity contribution in [1.29, 1.82) is 0 Å². The van der Waals surface area contributed by atoms with Crippen molar-refractivity contribution in [3.63, 3.8) is 0 Å². The summed E-state index contributed by atoms with van der Waals surface area (Å²) in [6, 6.07) is 14.1. The van der Waals surface area contributed by atoms with E-state index in [1.807, 2.05) is 48.5 Å². The number of hydrogen-bond donors (Lipinski definition) is 1. The van der Waals surface area contributed by atoms with Gasteiger partial charge in [-0.1, -0.05) is 24.3 Å². The Balaban J connectivity index is 1.51. The monoisotopic (exact) mass is 391 g/mol. The van der Waals surface area contributed by atoms with Crippen molar-refractivity contribution in [2.45, 2.75) is 12.5 Å². The van der Waals surface area contributed by atoms with Gasteiger partial charge in [0.15, 0.2) is 11.5 Å². The van der Waals surface area contributed by atoms with Gasteiger partial charge in [-0.25, -0.2) is 4.98 Å². The Bertz CT molecular complexity index is 1020. The highest BCUT2D eigenvalue weighted by atomic mass is 16.5. The minimum Gasteiger partial charge on any atom is -0.497 e. The molecular weight excluding hydrogens is 370 g/mol. The number of nitrogens with zero attached hydrogens (tertiary/aromatic N) is 2. The van der Waals surface area contributed by atoms with Crippen molar-refractivity contribution >= 4 is 29.0 Å². The average Bonchev–Trinajstić information content (AvgIpc) is 3.16. The standard InChI is InChI=1S/C22H21N3O4/c1-28-16-9-6-15(7-10-16)8-11-21(26)25-13-12-23-22(27)18(25)14-20-24-17-4-2-3-5-19(17)29-20/h2-11,18H,12-14H2,1H3,(H,23,27). The molecule has 0 saturated carbocycles. The second-order valence-electron chi connectivity index (χ2n) is 6.72. The summed E-state index contributed by atoms with van der Waals surface area (Å²) in [5.41, 5.74) is 2.27. The Morgan fingerprint density at radius 1 is 1.28 bits per heavy atom. The number of oxazole rings is 1. The number of aromatic nitrogens is 1. The van der Waals surface area contributed by atoms with Gasteiger partial charge in [0, 0.05) is 19.2 Å². The van der Waals surface area contributed by atoms with E-state index in [9.17, 15) is 9.59 Å². The van der Waals surface area contributed by atoms with Gasteiger partial charge < -0.3 is 19.4 Å². The molecule has 0 aliphatic carbocycles. The van der Waals surface area contributed by atoms with Crippen LogP contribution < -0.4 is 10.1 Å². The summed E-state index contributed by atoms with van der Waals surface area (Å²) in [5.74, 6) is 0.756. The van der Waals surface area contributed by atoms with E-state index in [0.29, 0.717) is 24.6 Å². The molecule has 1 aliphatic heterocycles. The van der Waals surface area contributed by atoms with Gasteiger partial charge in [0.05, 0.1) is 13.5 Å². The quantitative estimate of drug-likeness (QED) is 0.675. The van der Waals surface area contributed by atoms with Crippen LogP contribution in [-0.2, 0) is 16.0 Å². The summed E-state index contributed by atoms with van der Waals surface area (Å²) >= 11 is 0. The molecule has 1 aromatic heterocycles. The van der Waals surface area contributed by atoms with E-state index in [0.717, 1.165) is 16.8 Å². The van der Waals surface area contributed by atoms with E-state index < -0.39 is 6.04 Å². The lowest BCUT2D eigenvalue weighted by Gasteiger charge is -2.33. The summed E-state index contributed by atoms with van der Waals surface area (Å²) in [6.45, 7) is 0.855. The highest BCUT2D eigenvalue weighted by molar-refractivity contribution is 5.96. The molecule has 29 heavy (non-hydrogen) atoms. The Morgan fingerprint density at radius 3 is 2.83 bits per heavy atom. The summed E-state index contributed by atoms with van der Waals surface area (Å²) < 4.78 is 10.9. The SMILES string of the molecule is COc1ccc(C=CC(=O)N2CCNC(=O)C2Cc2nc3ccccc3o2)cc1. The lowest BCUT2D eigenvalue weighted by Crippen LogP contribution is -2.57. The normalized spacial score (nSPS) is 16.9. The van der Waals surface area contributed by atoms with E-state index in [1.165, 1.54) is 6.08 Å². The fourth-order valence-corrected chi connectivity index (χ4v) is 3.33. The fourth-order valence-electron chi connectivity index (χ4n) is 3.33. The van der Waals surface area contributed by atoms with E-state index in [-0.39, 0.29) is 18.2 Å². The lowest BCUT2D eigenvalue weighted by molar-refractivity contribution is -0.140. The van der Waals surface area contributed by atoms with Gasteiger partial charge in [-0.05, 0) is 35.9 Å². The van der Waals surface area contributed by atoms with Gasteiger partial charge in [-0.2, -0.15) is 0 Å². The first-order valence-corrected chi connectivity index (χ1v) is 9.39. The summed E-state index contributed by atoms with van der Waals surface area (Å²) in [6.07, 6.45) is 3.44. The molecule has 0 bridgehead atoms. The summed E-state index contributed by atoms with van der Waals surface area (Å²) in [5, 5.41) is 2.82. The number of carbonyl (C=O) groups is 2. The van der Waals surface area contributed by atoms with Crippen LogP contribution >= 0.6 is 0 Å². The predicted molar refractivity (Wildman–Crippen MR) is 108 cm³/mol. The van der Waals surface area contributed by atoms with E-state index in [4.69, 9.17) is 9.15 Å². The van der Waals surface area contributed by atoms with Crippen molar-refractivity contribution in [2.75, 3.05) is 20.2 Å². The lowest BCUT2D eigenvalue weighted by atomic mass is 10.1. The highest BCUT2D eigenvalue weighted by Gasteiger charge is 2.33. The fraction of sp³-hybridized carbons (Fsp3) is 0.227. The second-order valence-corrected chi connectivity index (χ2v) is 6.72. The van der Waals surface area contributed by atoms with E-state index >= 15 is 0 Å². The molecule has 1 aliphatic rings. The summed E-state index contributed by atoms with van der Waals surface area (Å²) in [7, 11) is 1.60. The molecule has 1 N–H and O–H groups in total. The zero-order chi connectivity index (χ0) is 20.2. The van der Waals surface area contributed by atoms with Crippen molar-refractivity contribution < 1.29 is 18.7 Å². The molecule has 148 valence electrons. The molecule has 3 aromatic rings. The first-order chi connectivity index (χ1) is 14.1. The van der Waals surface area contributed by atoms with Crippen LogP contribution in [0.5, 0.6) is 5.75 Å². The zero-order valence-corrected chi connectivity index (χ0v) is 16.0. The number of methoxy groups -OCH3 is 1. The molecule has 7 heteroatoms.